The number of halogens is 1. The van der Waals surface area contributed by atoms with Gasteiger partial charge in [-0.3, -0.25) is 9.69 Å². The van der Waals surface area contributed by atoms with Crippen molar-refractivity contribution in [3.8, 4) is 12.1 Å². The first-order valence-corrected chi connectivity index (χ1v) is 8.51. The molecule has 0 saturated carbocycles. The molecule has 1 amide bonds. The van der Waals surface area contributed by atoms with E-state index in [1.54, 1.807) is 6.07 Å². The highest BCUT2D eigenvalue weighted by molar-refractivity contribution is 6.30. The van der Waals surface area contributed by atoms with Crippen LogP contribution >= 0.6 is 11.6 Å². The Balaban J connectivity index is 1.78. The number of rotatable bonds is 6. The smallest absolute Gasteiger partial charge is 0.227 e. The lowest BCUT2D eigenvalue weighted by Gasteiger charge is -2.35. The molecule has 5 nitrogen and oxygen atoms in total. The molecule has 1 heterocycles. The van der Waals surface area contributed by atoms with E-state index in [0.29, 0.717) is 43.9 Å². The van der Waals surface area contributed by atoms with Crippen LogP contribution in [-0.2, 0) is 11.2 Å². The van der Waals surface area contributed by atoms with Gasteiger partial charge >= 0.3 is 0 Å². The van der Waals surface area contributed by atoms with Gasteiger partial charge in [-0.25, -0.2) is 0 Å². The Labute approximate surface area is 148 Å². The molecule has 1 saturated heterocycles. The van der Waals surface area contributed by atoms with Crippen LogP contribution in [0.15, 0.2) is 24.3 Å². The SMILES string of the molecule is N#CCC[C@@H](C#N)CN1CCN(C(=O)Cc2cccc(Cl)c2)CC1. The summed E-state index contributed by atoms with van der Waals surface area (Å²) in [6, 6.07) is 11.7. The van der Waals surface area contributed by atoms with E-state index in [2.05, 4.69) is 17.0 Å². The van der Waals surface area contributed by atoms with Crippen molar-refractivity contribution in [2.45, 2.75) is 19.3 Å². The van der Waals surface area contributed by atoms with E-state index >= 15 is 0 Å². The van der Waals surface area contributed by atoms with Gasteiger partial charge in [0.05, 0.1) is 24.5 Å². The number of piperazine rings is 1. The number of benzene rings is 1. The molecule has 6 heteroatoms. The number of carbonyl (C=O) groups is 1. The summed E-state index contributed by atoms with van der Waals surface area (Å²) in [4.78, 5) is 16.5. The minimum Gasteiger partial charge on any atom is -0.340 e. The number of hydrogen-bond donors (Lipinski definition) is 0. The average molecular weight is 345 g/mol. The number of amides is 1. The Morgan fingerprint density at radius 2 is 2.00 bits per heavy atom. The Kier molecular flexibility index (Phi) is 7.06. The van der Waals surface area contributed by atoms with Crippen molar-refractivity contribution in [1.82, 2.24) is 9.80 Å². The van der Waals surface area contributed by atoms with Crippen LogP contribution in [-0.4, -0.2) is 48.4 Å². The van der Waals surface area contributed by atoms with Crippen LogP contribution in [0.5, 0.6) is 0 Å². The van der Waals surface area contributed by atoms with Gasteiger partial charge in [0.15, 0.2) is 0 Å². The number of hydrogen-bond acceptors (Lipinski definition) is 4. The minimum absolute atomic E-state index is 0.109. The molecule has 0 radical (unpaired) electrons. The summed E-state index contributed by atoms with van der Waals surface area (Å²) in [6.07, 6.45) is 1.39. The Morgan fingerprint density at radius 1 is 1.25 bits per heavy atom. The van der Waals surface area contributed by atoms with Crippen LogP contribution in [0.2, 0.25) is 5.02 Å². The van der Waals surface area contributed by atoms with Gasteiger partial charge in [-0.15, -0.1) is 0 Å². The van der Waals surface area contributed by atoms with Crippen molar-refractivity contribution < 1.29 is 4.79 Å². The second kappa shape index (κ2) is 9.27. The maximum Gasteiger partial charge on any atom is 0.227 e. The zero-order chi connectivity index (χ0) is 17.4. The van der Waals surface area contributed by atoms with Crippen molar-refractivity contribution in [1.29, 1.82) is 10.5 Å². The predicted octanol–water partition coefficient (Wildman–Crippen LogP) is 2.47. The van der Waals surface area contributed by atoms with Gasteiger partial charge in [-0.2, -0.15) is 10.5 Å². The Hall–Kier alpha value is -2.08. The summed E-state index contributed by atoms with van der Waals surface area (Å²) in [5.74, 6) is -0.00316. The third kappa shape index (κ3) is 5.53. The summed E-state index contributed by atoms with van der Waals surface area (Å²) in [6.45, 7) is 3.57. The number of carbonyl (C=O) groups excluding carboxylic acids is 1. The van der Waals surface area contributed by atoms with Crippen molar-refractivity contribution >= 4 is 17.5 Å². The maximum absolute atomic E-state index is 12.4. The topological polar surface area (TPSA) is 71.1 Å². The highest BCUT2D eigenvalue weighted by Crippen LogP contribution is 2.14. The van der Waals surface area contributed by atoms with Crippen LogP contribution in [0.1, 0.15) is 18.4 Å². The van der Waals surface area contributed by atoms with E-state index < -0.39 is 0 Å². The average Bonchev–Trinajstić information content (AvgIpc) is 2.59. The molecule has 0 bridgehead atoms. The normalized spacial score (nSPS) is 16.2. The Bertz CT molecular complexity index is 641. The lowest BCUT2D eigenvalue weighted by atomic mass is 10.0. The van der Waals surface area contributed by atoms with Gasteiger partial charge in [0.2, 0.25) is 5.91 Å². The van der Waals surface area contributed by atoms with Gasteiger partial charge in [0.1, 0.15) is 0 Å². The standard InChI is InChI=1S/C18H21ClN4O/c19-17-5-1-3-15(11-17)12-18(24)23-9-7-22(8-10-23)14-16(13-21)4-2-6-20/h1,3,5,11,16H,2,4,7-10,12,14H2/t16-/m0/s1. The fourth-order valence-electron chi connectivity index (χ4n) is 2.86. The molecule has 0 unspecified atom stereocenters. The van der Waals surface area contributed by atoms with Gasteiger partial charge in [-0.05, 0) is 24.1 Å². The fourth-order valence-corrected chi connectivity index (χ4v) is 3.07. The molecule has 24 heavy (non-hydrogen) atoms. The van der Waals surface area contributed by atoms with Crippen molar-refractivity contribution in [3.05, 3.63) is 34.9 Å². The first-order chi connectivity index (χ1) is 11.6. The van der Waals surface area contributed by atoms with Crippen LogP contribution in [0.3, 0.4) is 0 Å². The summed E-state index contributed by atoms with van der Waals surface area (Å²) in [5.41, 5.74) is 0.927. The van der Waals surface area contributed by atoms with E-state index in [4.69, 9.17) is 22.1 Å². The summed E-state index contributed by atoms with van der Waals surface area (Å²) < 4.78 is 0. The van der Waals surface area contributed by atoms with E-state index in [1.807, 2.05) is 23.1 Å². The molecule has 1 atom stereocenters. The van der Waals surface area contributed by atoms with E-state index in [0.717, 1.165) is 18.7 Å². The fraction of sp³-hybridized carbons (Fsp3) is 0.500. The second-order valence-electron chi connectivity index (χ2n) is 6.01. The minimum atomic E-state index is -0.113. The van der Waals surface area contributed by atoms with Crippen molar-refractivity contribution in [2.75, 3.05) is 32.7 Å². The molecule has 1 fully saturated rings. The van der Waals surface area contributed by atoms with E-state index in [-0.39, 0.29) is 11.8 Å². The van der Waals surface area contributed by atoms with E-state index in [1.165, 1.54) is 0 Å². The summed E-state index contributed by atoms with van der Waals surface area (Å²) in [7, 11) is 0. The van der Waals surface area contributed by atoms with Crippen molar-refractivity contribution in [2.24, 2.45) is 5.92 Å². The molecular formula is C18H21ClN4O. The molecular weight excluding hydrogens is 324 g/mol. The first-order valence-electron chi connectivity index (χ1n) is 8.13. The predicted molar refractivity (Wildman–Crippen MR) is 92.1 cm³/mol. The van der Waals surface area contributed by atoms with Gasteiger partial charge in [0, 0.05) is 44.2 Å². The summed E-state index contributed by atoms with van der Waals surface area (Å²) >= 11 is 5.95. The highest BCUT2D eigenvalue weighted by Gasteiger charge is 2.23. The monoisotopic (exact) mass is 344 g/mol. The molecule has 0 spiro atoms. The van der Waals surface area contributed by atoms with Crippen LogP contribution < -0.4 is 0 Å². The third-order valence-corrected chi connectivity index (χ3v) is 4.47. The van der Waals surface area contributed by atoms with E-state index in [9.17, 15) is 4.79 Å². The molecule has 0 N–H and O–H groups in total. The molecule has 126 valence electrons. The zero-order valence-corrected chi connectivity index (χ0v) is 14.4. The number of nitriles is 2. The van der Waals surface area contributed by atoms with Crippen LogP contribution in [0.25, 0.3) is 0 Å². The molecule has 0 aromatic heterocycles. The quantitative estimate of drug-likeness (QED) is 0.794. The first kappa shape index (κ1) is 18.3. The lowest BCUT2D eigenvalue weighted by Crippen LogP contribution is -2.50. The summed E-state index contributed by atoms with van der Waals surface area (Å²) in [5, 5.41) is 18.4. The molecule has 1 aliphatic heterocycles. The molecule has 1 aliphatic rings. The molecule has 1 aromatic rings. The highest BCUT2D eigenvalue weighted by atomic mass is 35.5. The van der Waals surface area contributed by atoms with Crippen LogP contribution in [0, 0.1) is 28.6 Å². The van der Waals surface area contributed by atoms with Gasteiger partial charge in [0.25, 0.3) is 0 Å². The van der Waals surface area contributed by atoms with Gasteiger partial charge < -0.3 is 4.90 Å². The van der Waals surface area contributed by atoms with Crippen molar-refractivity contribution in [3.63, 3.8) is 0 Å². The lowest BCUT2D eigenvalue weighted by molar-refractivity contribution is -0.132. The largest absolute Gasteiger partial charge is 0.340 e. The second-order valence-corrected chi connectivity index (χ2v) is 6.45. The number of nitrogens with zero attached hydrogens (tertiary/aromatic N) is 4. The molecule has 2 rings (SSSR count). The molecule has 1 aromatic carbocycles. The maximum atomic E-state index is 12.4. The third-order valence-electron chi connectivity index (χ3n) is 4.24. The zero-order valence-electron chi connectivity index (χ0n) is 13.6. The molecule has 0 aliphatic carbocycles. The van der Waals surface area contributed by atoms with Crippen LogP contribution in [0.4, 0.5) is 0 Å². The van der Waals surface area contributed by atoms with Gasteiger partial charge in [-0.1, -0.05) is 23.7 Å². The Morgan fingerprint density at radius 3 is 2.62 bits per heavy atom.